The summed E-state index contributed by atoms with van der Waals surface area (Å²) in [6.45, 7) is 5.00. The maximum Gasteiger partial charge on any atom is 0.228 e. The zero-order valence-corrected chi connectivity index (χ0v) is 15.1. The van der Waals surface area contributed by atoms with Crippen molar-refractivity contribution in [2.24, 2.45) is 5.92 Å². The zero-order valence-electron chi connectivity index (χ0n) is 14.3. The predicted molar refractivity (Wildman–Crippen MR) is 96.0 cm³/mol. The van der Waals surface area contributed by atoms with Crippen LogP contribution in [0.1, 0.15) is 24.0 Å². The van der Waals surface area contributed by atoms with E-state index in [1.807, 2.05) is 35.9 Å². The molecule has 6 heteroatoms. The second kappa shape index (κ2) is 7.99. The zero-order chi connectivity index (χ0) is 16.4. The molecule has 1 aromatic rings. The minimum atomic E-state index is -0.196. The van der Waals surface area contributed by atoms with Gasteiger partial charge in [-0.2, -0.15) is 0 Å². The van der Waals surface area contributed by atoms with E-state index in [0.29, 0.717) is 19.5 Å². The molecule has 5 nitrogen and oxygen atoms in total. The minimum absolute atomic E-state index is 0. The van der Waals surface area contributed by atoms with Crippen LogP contribution in [0.3, 0.4) is 0 Å². The Labute approximate surface area is 149 Å². The molecule has 132 valence electrons. The molecule has 2 atom stereocenters. The molecule has 2 saturated heterocycles. The Morgan fingerprint density at radius 1 is 1.33 bits per heavy atom. The van der Waals surface area contributed by atoms with E-state index < -0.39 is 0 Å². The number of likely N-dealkylation sites (tertiary alicyclic amines) is 1. The van der Waals surface area contributed by atoms with Crippen molar-refractivity contribution in [3.05, 3.63) is 35.4 Å². The van der Waals surface area contributed by atoms with Crippen LogP contribution in [0.2, 0.25) is 0 Å². The fourth-order valence-corrected chi connectivity index (χ4v) is 3.44. The van der Waals surface area contributed by atoms with Crippen molar-refractivity contribution in [2.45, 2.75) is 32.4 Å². The first-order chi connectivity index (χ1) is 11.0. The van der Waals surface area contributed by atoms with E-state index in [0.717, 1.165) is 25.1 Å². The second-order valence-electron chi connectivity index (χ2n) is 6.76. The summed E-state index contributed by atoms with van der Waals surface area (Å²) in [5, 5.41) is 3.28. The number of carbonyl (C=O) groups is 2. The fraction of sp³-hybridized carbons (Fsp3) is 0.556. The summed E-state index contributed by atoms with van der Waals surface area (Å²) >= 11 is 0. The molecule has 2 unspecified atom stereocenters. The van der Waals surface area contributed by atoms with Gasteiger partial charge in [-0.1, -0.05) is 29.8 Å². The SMILES string of the molecule is Cc1ccc(CN2CC(C(=O)N(C)C3CCNC3)CC2=O)cc1.Cl. The number of rotatable bonds is 4. The Hall–Kier alpha value is -1.59. The molecule has 2 aliphatic rings. The van der Waals surface area contributed by atoms with Gasteiger partial charge < -0.3 is 15.1 Å². The minimum Gasteiger partial charge on any atom is -0.341 e. The van der Waals surface area contributed by atoms with Gasteiger partial charge in [-0.05, 0) is 25.5 Å². The highest BCUT2D eigenvalue weighted by atomic mass is 35.5. The number of amides is 2. The molecule has 0 spiro atoms. The van der Waals surface area contributed by atoms with E-state index in [2.05, 4.69) is 17.4 Å². The number of benzene rings is 1. The van der Waals surface area contributed by atoms with Crippen molar-refractivity contribution in [3.63, 3.8) is 0 Å². The van der Waals surface area contributed by atoms with Crippen LogP contribution >= 0.6 is 12.4 Å². The van der Waals surface area contributed by atoms with Crippen LogP contribution < -0.4 is 5.32 Å². The van der Waals surface area contributed by atoms with Gasteiger partial charge in [-0.25, -0.2) is 0 Å². The molecule has 2 fully saturated rings. The average molecular weight is 352 g/mol. The quantitative estimate of drug-likeness (QED) is 0.896. The van der Waals surface area contributed by atoms with Gasteiger partial charge in [0.15, 0.2) is 0 Å². The highest BCUT2D eigenvalue weighted by molar-refractivity contribution is 5.89. The van der Waals surface area contributed by atoms with E-state index in [-0.39, 0.29) is 36.2 Å². The maximum absolute atomic E-state index is 12.6. The molecule has 24 heavy (non-hydrogen) atoms. The van der Waals surface area contributed by atoms with Crippen LogP contribution in [0.4, 0.5) is 0 Å². The number of halogens is 1. The van der Waals surface area contributed by atoms with Crippen LogP contribution in [0, 0.1) is 12.8 Å². The van der Waals surface area contributed by atoms with Gasteiger partial charge in [0.05, 0.1) is 5.92 Å². The summed E-state index contributed by atoms with van der Waals surface area (Å²) in [7, 11) is 1.87. The topological polar surface area (TPSA) is 52.7 Å². The van der Waals surface area contributed by atoms with Gasteiger partial charge in [0.1, 0.15) is 0 Å². The molecule has 3 rings (SSSR count). The summed E-state index contributed by atoms with van der Waals surface area (Å²) in [6.07, 6.45) is 1.34. The normalized spacial score (nSPS) is 23.2. The average Bonchev–Trinajstić information content (AvgIpc) is 3.19. The molecule has 0 radical (unpaired) electrons. The molecule has 0 bridgehead atoms. The first-order valence-electron chi connectivity index (χ1n) is 8.35. The number of likely N-dealkylation sites (N-methyl/N-ethyl adjacent to an activating group) is 1. The molecule has 0 aromatic heterocycles. The molecule has 0 saturated carbocycles. The number of nitrogens with zero attached hydrogens (tertiary/aromatic N) is 2. The standard InChI is InChI=1S/C18H25N3O2.ClH/c1-13-3-5-14(6-4-13)11-21-12-15(9-17(21)22)18(23)20(2)16-7-8-19-10-16;/h3-6,15-16,19H,7-12H2,1-2H3;1H. The van der Waals surface area contributed by atoms with Crippen LogP contribution in [-0.4, -0.2) is 54.3 Å². The van der Waals surface area contributed by atoms with Crippen LogP contribution in [0.25, 0.3) is 0 Å². The van der Waals surface area contributed by atoms with Gasteiger partial charge in [0, 0.05) is 39.1 Å². The Kier molecular flexibility index (Phi) is 6.24. The highest BCUT2D eigenvalue weighted by Gasteiger charge is 2.37. The first kappa shape index (κ1) is 18.7. The molecular weight excluding hydrogens is 326 g/mol. The third kappa shape index (κ3) is 4.08. The third-order valence-electron chi connectivity index (χ3n) is 4.99. The van der Waals surface area contributed by atoms with E-state index >= 15 is 0 Å². The maximum atomic E-state index is 12.6. The number of carbonyl (C=O) groups excluding carboxylic acids is 2. The third-order valence-corrected chi connectivity index (χ3v) is 4.99. The molecule has 2 amide bonds. The number of aryl methyl sites for hydroxylation is 1. The van der Waals surface area contributed by atoms with Crippen molar-refractivity contribution < 1.29 is 9.59 Å². The summed E-state index contributed by atoms with van der Waals surface area (Å²) in [5.41, 5.74) is 2.33. The van der Waals surface area contributed by atoms with Gasteiger partial charge >= 0.3 is 0 Å². The Morgan fingerprint density at radius 3 is 2.67 bits per heavy atom. The van der Waals surface area contributed by atoms with E-state index in [9.17, 15) is 9.59 Å². The highest BCUT2D eigenvalue weighted by Crippen LogP contribution is 2.23. The summed E-state index contributed by atoms with van der Waals surface area (Å²) < 4.78 is 0. The predicted octanol–water partition coefficient (Wildman–Crippen LogP) is 1.59. The molecule has 2 heterocycles. The molecular formula is C18H26ClN3O2. The van der Waals surface area contributed by atoms with Gasteiger partial charge in [-0.15, -0.1) is 12.4 Å². The summed E-state index contributed by atoms with van der Waals surface area (Å²) in [6, 6.07) is 8.48. The van der Waals surface area contributed by atoms with Gasteiger partial charge in [0.2, 0.25) is 11.8 Å². The monoisotopic (exact) mass is 351 g/mol. The Morgan fingerprint density at radius 2 is 2.04 bits per heavy atom. The number of nitrogens with one attached hydrogen (secondary N) is 1. The summed E-state index contributed by atoms with van der Waals surface area (Å²) in [5.74, 6) is -0.00104. The molecule has 1 aromatic carbocycles. The lowest BCUT2D eigenvalue weighted by molar-refractivity contribution is -0.136. The fourth-order valence-electron chi connectivity index (χ4n) is 3.44. The van der Waals surface area contributed by atoms with E-state index in [4.69, 9.17) is 0 Å². The largest absolute Gasteiger partial charge is 0.341 e. The lowest BCUT2D eigenvalue weighted by atomic mass is 10.1. The van der Waals surface area contributed by atoms with Crippen molar-refractivity contribution in [1.29, 1.82) is 0 Å². The summed E-state index contributed by atoms with van der Waals surface area (Å²) in [4.78, 5) is 28.5. The van der Waals surface area contributed by atoms with Crippen LogP contribution in [-0.2, 0) is 16.1 Å². The Balaban J connectivity index is 0.00000208. The smallest absolute Gasteiger partial charge is 0.228 e. The van der Waals surface area contributed by atoms with Gasteiger partial charge in [0.25, 0.3) is 0 Å². The van der Waals surface area contributed by atoms with Crippen molar-refractivity contribution >= 4 is 24.2 Å². The lowest BCUT2D eigenvalue weighted by Crippen LogP contribution is -2.42. The first-order valence-corrected chi connectivity index (χ1v) is 8.35. The number of hydrogen-bond donors (Lipinski definition) is 1. The van der Waals surface area contributed by atoms with Crippen molar-refractivity contribution in [2.75, 3.05) is 26.7 Å². The van der Waals surface area contributed by atoms with Gasteiger partial charge in [-0.3, -0.25) is 9.59 Å². The van der Waals surface area contributed by atoms with Crippen LogP contribution in [0.5, 0.6) is 0 Å². The lowest BCUT2D eigenvalue weighted by Gasteiger charge is -2.26. The van der Waals surface area contributed by atoms with E-state index in [1.54, 1.807) is 0 Å². The van der Waals surface area contributed by atoms with Crippen molar-refractivity contribution in [1.82, 2.24) is 15.1 Å². The van der Waals surface area contributed by atoms with E-state index in [1.165, 1.54) is 5.56 Å². The number of hydrogen-bond acceptors (Lipinski definition) is 3. The Bertz CT molecular complexity index is 584. The van der Waals surface area contributed by atoms with Crippen molar-refractivity contribution in [3.8, 4) is 0 Å². The second-order valence-corrected chi connectivity index (χ2v) is 6.76. The molecule has 0 aliphatic carbocycles. The molecule has 1 N–H and O–H groups in total. The molecule has 2 aliphatic heterocycles. The van der Waals surface area contributed by atoms with Crippen LogP contribution in [0.15, 0.2) is 24.3 Å².